The van der Waals surface area contributed by atoms with Gasteiger partial charge in [0.1, 0.15) is 5.75 Å². The number of aryl methyl sites for hydroxylation is 2. The second kappa shape index (κ2) is 9.40. The summed E-state index contributed by atoms with van der Waals surface area (Å²) in [5, 5.41) is 0. The third-order valence-electron chi connectivity index (χ3n) is 5.35. The van der Waals surface area contributed by atoms with Crippen LogP contribution >= 0.6 is 0 Å². The van der Waals surface area contributed by atoms with Gasteiger partial charge >= 0.3 is 0 Å². The number of ether oxygens (including phenoxy) is 1. The van der Waals surface area contributed by atoms with E-state index in [-0.39, 0.29) is 11.8 Å². The maximum atomic E-state index is 12.4. The van der Waals surface area contributed by atoms with E-state index in [0.29, 0.717) is 24.3 Å². The molecule has 0 N–H and O–H groups in total. The number of fused-ring (bicyclic) bond motifs is 1. The molecule has 1 heterocycles. The maximum absolute atomic E-state index is 12.4. The fraction of sp³-hybridized carbons (Fsp3) is 0.231. The zero-order chi connectivity index (χ0) is 20.8. The van der Waals surface area contributed by atoms with Crippen LogP contribution in [0.2, 0.25) is 0 Å². The van der Waals surface area contributed by atoms with E-state index in [1.807, 2.05) is 24.3 Å². The molecule has 152 valence electrons. The number of hydrogen-bond donors (Lipinski definition) is 0. The Kier molecular flexibility index (Phi) is 6.23. The highest BCUT2D eigenvalue weighted by Crippen LogP contribution is 2.23. The van der Waals surface area contributed by atoms with E-state index in [1.54, 1.807) is 24.3 Å². The van der Waals surface area contributed by atoms with Crippen molar-refractivity contribution in [2.45, 2.75) is 25.7 Å². The van der Waals surface area contributed by atoms with Gasteiger partial charge in [-0.1, -0.05) is 54.6 Å². The number of rotatable bonds is 9. The normalized spacial score (nSPS) is 12.9. The molecule has 0 aliphatic carbocycles. The van der Waals surface area contributed by atoms with Crippen molar-refractivity contribution < 1.29 is 14.3 Å². The quantitative estimate of drug-likeness (QED) is 0.379. The van der Waals surface area contributed by atoms with E-state index in [9.17, 15) is 9.59 Å². The molecule has 3 aromatic carbocycles. The lowest BCUT2D eigenvalue weighted by Crippen LogP contribution is -2.30. The Balaban J connectivity index is 1.24. The average molecular weight is 399 g/mol. The van der Waals surface area contributed by atoms with E-state index in [0.717, 1.165) is 37.0 Å². The maximum Gasteiger partial charge on any atom is 0.261 e. The topological polar surface area (TPSA) is 46.6 Å². The predicted molar refractivity (Wildman–Crippen MR) is 117 cm³/mol. The molecule has 4 rings (SSSR count). The summed E-state index contributed by atoms with van der Waals surface area (Å²) in [7, 11) is 0. The molecule has 0 unspecified atom stereocenters. The van der Waals surface area contributed by atoms with Crippen LogP contribution in [0.15, 0.2) is 78.9 Å². The zero-order valence-electron chi connectivity index (χ0n) is 16.9. The largest absolute Gasteiger partial charge is 0.494 e. The monoisotopic (exact) mass is 399 g/mol. The summed E-state index contributed by atoms with van der Waals surface area (Å²) < 4.78 is 5.91. The molecule has 0 saturated heterocycles. The molecule has 0 fully saturated rings. The van der Waals surface area contributed by atoms with Crippen LogP contribution in [0.25, 0.3) is 0 Å². The number of nitrogens with zero attached hydrogens (tertiary/aromatic N) is 1. The molecule has 1 aliphatic heterocycles. The highest BCUT2D eigenvalue weighted by Gasteiger charge is 2.34. The van der Waals surface area contributed by atoms with Crippen LogP contribution in [0.4, 0.5) is 0 Å². The standard InChI is InChI=1S/C26H25NO3/c28-25-23-15-4-5-16-24(23)26(29)27(25)17-7-12-21-11-6-14-22(19-21)30-18-8-13-20-9-2-1-3-10-20/h1-6,9-11,14-16,19H,7-8,12-13,17-18H2. The number of carbonyl (C=O) groups excluding carboxylic acids is 2. The summed E-state index contributed by atoms with van der Waals surface area (Å²) in [6.45, 7) is 1.10. The molecular weight excluding hydrogens is 374 g/mol. The Morgan fingerprint density at radius 2 is 1.30 bits per heavy atom. The van der Waals surface area contributed by atoms with Crippen LogP contribution in [0, 0.1) is 0 Å². The molecule has 0 spiro atoms. The first-order valence-electron chi connectivity index (χ1n) is 10.4. The molecular formula is C26H25NO3. The van der Waals surface area contributed by atoms with Crippen molar-refractivity contribution in [3.63, 3.8) is 0 Å². The fourth-order valence-corrected chi connectivity index (χ4v) is 3.79. The minimum atomic E-state index is -0.189. The van der Waals surface area contributed by atoms with Crippen molar-refractivity contribution in [1.82, 2.24) is 4.90 Å². The summed E-state index contributed by atoms with van der Waals surface area (Å²) >= 11 is 0. The molecule has 4 heteroatoms. The first-order valence-corrected chi connectivity index (χ1v) is 10.4. The zero-order valence-corrected chi connectivity index (χ0v) is 16.9. The van der Waals surface area contributed by atoms with Gasteiger partial charge in [0.05, 0.1) is 17.7 Å². The first kappa shape index (κ1) is 19.9. The third-order valence-corrected chi connectivity index (χ3v) is 5.35. The predicted octanol–water partition coefficient (Wildman–Crippen LogP) is 4.93. The Labute approximate surface area is 177 Å². The van der Waals surface area contributed by atoms with E-state index in [4.69, 9.17) is 4.74 Å². The van der Waals surface area contributed by atoms with Gasteiger partial charge in [0.25, 0.3) is 11.8 Å². The summed E-state index contributed by atoms with van der Waals surface area (Å²) in [6, 6.07) is 25.5. The van der Waals surface area contributed by atoms with Gasteiger partial charge in [-0.15, -0.1) is 0 Å². The molecule has 30 heavy (non-hydrogen) atoms. The van der Waals surface area contributed by atoms with Gasteiger partial charge in [-0.05, 0) is 61.1 Å². The molecule has 0 radical (unpaired) electrons. The van der Waals surface area contributed by atoms with Gasteiger partial charge in [0.15, 0.2) is 0 Å². The highest BCUT2D eigenvalue weighted by molar-refractivity contribution is 6.21. The number of benzene rings is 3. The van der Waals surface area contributed by atoms with E-state index in [1.165, 1.54) is 10.5 Å². The smallest absolute Gasteiger partial charge is 0.261 e. The molecule has 0 atom stereocenters. The Bertz CT molecular complexity index is 994. The number of amides is 2. The second-order valence-electron chi connectivity index (χ2n) is 7.50. The van der Waals surface area contributed by atoms with Gasteiger partial charge < -0.3 is 4.74 Å². The van der Waals surface area contributed by atoms with Crippen molar-refractivity contribution >= 4 is 11.8 Å². The Morgan fingerprint density at radius 3 is 2.03 bits per heavy atom. The first-order chi connectivity index (χ1) is 14.7. The number of carbonyl (C=O) groups is 2. The Hall–Kier alpha value is -3.40. The second-order valence-corrected chi connectivity index (χ2v) is 7.50. The molecule has 0 bridgehead atoms. The summed E-state index contributed by atoms with van der Waals surface area (Å²) in [5.41, 5.74) is 3.48. The summed E-state index contributed by atoms with van der Waals surface area (Å²) in [4.78, 5) is 26.2. The summed E-state index contributed by atoms with van der Waals surface area (Å²) in [6.07, 6.45) is 3.48. The third kappa shape index (κ3) is 4.60. The van der Waals surface area contributed by atoms with Crippen molar-refractivity contribution in [3.8, 4) is 5.75 Å². The van der Waals surface area contributed by atoms with Gasteiger partial charge in [-0.25, -0.2) is 0 Å². The molecule has 0 aromatic heterocycles. The van der Waals surface area contributed by atoms with Gasteiger partial charge in [-0.2, -0.15) is 0 Å². The SMILES string of the molecule is O=C1c2ccccc2C(=O)N1CCCc1cccc(OCCCc2ccccc2)c1. The minimum absolute atomic E-state index is 0.189. The molecule has 4 nitrogen and oxygen atoms in total. The highest BCUT2D eigenvalue weighted by atomic mass is 16.5. The van der Waals surface area contributed by atoms with Crippen LogP contribution in [0.3, 0.4) is 0 Å². The Morgan fingerprint density at radius 1 is 0.667 bits per heavy atom. The molecule has 1 aliphatic rings. The van der Waals surface area contributed by atoms with Crippen molar-refractivity contribution in [3.05, 3.63) is 101 Å². The van der Waals surface area contributed by atoms with Crippen LogP contribution < -0.4 is 4.74 Å². The lowest BCUT2D eigenvalue weighted by molar-refractivity contribution is 0.0652. The minimum Gasteiger partial charge on any atom is -0.494 e. The lowest BCUT2D eigenvalue weighted by atomic mass is 10.1. The van der Waals surface area contributed by atoms with Crippen molar-refractivity contribution in [2.75, 3.05) is 13.2 Å². The van der Waals surface area contributed by atoms with Gasteiger partial charge in [-0.3, -0.25) is 14.5 Å². The molecule has 2 amide bonds. The molecule has 3 aromatic rings. The van der Waals surface area contributed by atoms with Crippen LogP contribution in [0.5, 0.6) is 5.75 Å². The van der Waals surface area contributed by atoms with Crippen molar-refractivity contribution in [1.29, 1.82) is 0 Å². The number of imide groups is 1. The van der Waals surface area contributed by atoms with E-state index in [2.05, 4.69) is 30.3 Å². The van der Waals surface area contributed by atoms with Crippen molar-refractivity contribution in [2.24, 2.45) is 0 Å². The molecule has 0 saturated carbocycles. The van der Waals surface area contributed by atoms with E-state index < -0.39 is 0 Å². The van der Waals surface area contributed by atoms with Gasteiger partial charge in [0.2, 0.25) is 0 Å². The number of hydrogen-bond acceptors (Lipinski definition) is 3. The fourth-order valence-electron chi connectivity index (χ4n) is 3.79. The average Bonchev–Trinajstić information content (AvgIpc) is 3.03. The van der Waals surface area contributed by atoms with Gasteiger partial charge in [0, 0.05) is 6.54 Å². The van der Waals surface area contributed by atoms with Crippen LogP contribution in [-0.4, -0.2) is 29.9 Å². The lowest BCUT2D eigenvalue weighted by Gasteiger charge is -2.14. The van der Waals surface area contributed by atoms with Crippen LogP contribution in [0.1, 0.15) is 44.7 Å². The van der Waals surface area contributed by atoms with Crippen LogP contribution in [-0.2, 0) is 12.8 Å². The van der Waals surface area contributed by atoms with E-state index >= 15 is 0 Å². The summed E-state index contributed by atoms with van der Waals surface area (Å²) in [5.74, 6) is 0.485.